The van der Waals surface area contributed by atoms with E-state index in [4.69, 9.17) is 0 Å². The number of amides is 1. The summed E-state index contributed by atoms with van der Waals surface area (Å²) in [5, 5.41) is 25.1. The molecular weight excluding hydrogens is 344 g/mol. The van der Waals surface area contributed by atoms with E-state index in [0.717, 1.165) is 6.92 Å². The number of carbonyl (C=O) groups is 4. The van der Waals surface area contributed by atoms with Crippen molar-refractivity contribution in [2.45, 2.75) is 20.8 Å². The van der Waals surface area contributed by atoms with E-state index in [9.17, 15) is 29.4 Å². The summed E-state index contributed by atoms with van der Waals surface area (Å²) in [6.07, 6.45) is 0. The number of rotatable bonds is 4. The van der Waals surface area contributed by atoms with Crippen LogP contribution in [0.2, 0.25) is 0 Å². The Morgan fingerprint density at radius 2 is 1.50 bits per heavy atom. The van der Waals surface area contributed by atoms with Gasteiger partial charge in [-0.1, -0.05) is 0 Å². The summed E-state index contributed by atoms with van der Waals surface area (Å²) < 4.78 is 4.48. The molecule has 2 rings (SSSR count). The number of Topliss-reactive ketones (excluding diaryl/α,β-unsaturated/α-hetero) is 1. The molecule has 1 aromatic rings. The van der Waals surface area contributed by atoms with E-state index in [1.807, 2.05) is 0 Å². The molecule has 1 aromatic carbocycles. The molecule has 0 fully saturated rings. The lowest BCUT2D eigenvalue weighted by molar-refractivity contribution is -0.155. The predicted octanol–water partition coefficient (Wildman–Crippen LogP) is 1.52. The molecule has 9 heteroatoms. The second-order valence-corrected chi connectivity index (χ2v) is 5.53. The molecule has 0 saturated heterocycles. The number of ketones is 1. The number of cyclic esters (lactones) is 2. The molecule has 0 radical (unpaired) electrons. The van der Waals surface area contributed by atoms with Crippen molar-refractivity contribution < 1.29 is 34.1 Å². The number of anilines is 2. The summed E-state index contributed by atoms with van der Waals surface area (Å²) in [5.41, 5.74) is -0.378. The average molecular weight is 360 g/mol. The molecule has 1 amide bonds. The van der Waals surface area contributed by atoms with E-state index in [1.54, 1.807) is 0 Å². The van der Waals surface area contributed by atoms with Crippen LogP contribution in [0.5, 0.6) is 5.75 Å². The van der Waals surface area contributed by atoms with Gasteiger partial charge in [-0.05, 0) is 19.9 Å². The molecule has 0 atom stereocenters. The Hall–Kier alpha value is -3.62. The number of nitrogens with one attached hydrogen (secondary N) is 2. The lowest BCUT2D eigenvalue weighted by atomic mass is 10.0. The molecule has 0 aromatic heterocycles. The van der Waals surface area contributed by atoms with Crippen LogP contribution in [-0.4, -0.2) is 33.8 Å². The minimum absolute atomic E-state index is 0.0677. The topological polar surface area (TPSA) is 142 Å². The fourth-order valence-electron chi connectivity index (χ4n) is 2.38. The number of benzene rings is 1. The number of ether oxygens (including phenoxy) is 1. The summed E-state index contributed by atoms with van der Waals surface area (Å²) in [6.45, 7) is 3.76. The molecule has 0 aliphatic carbocycles. The fraction of sp³-hybridized carbons (Fsp3) is 0.176. The maximum Gasteiger partial charge on any atom is 0.353 e. The standard InChI is InChI=1S/C17H16N2O7/c1-7(13-15(23)14(8(2)20)17(25)26-16(13)24)18-10-4-11(19-9(3)21)6-12(22)5-10/h4-6,18,22-23H,1-3H3,(H,19,21)/b13-7-. The fourth-order valence-corrected chi connectivity index (χ4v) is 2.38. The lowest BCUT2D eigenvalue weighted by Gasteiger charge is -2.18. The number of esters is 2. The number of hydrogen-bond donors (Lipinski definition) is 4. The molecule has 0 saturated carbocycles. The molecule has 1 aliphatic rings. The van der Waals surface area contributed by atoms with Crippen molar-refractivity contribution in [2.24, 2.45) is 0 Å². The van der Waals surface area contributed by atoms with Crippen LogP contribution in [0.15, 0.2) is 40.8 Å². The Labute approximate surface area is 148 Å². The van der Waals surface area contributed by atoms with Gasteiger partial charge in [0.05, 0.1) is 0 Å². The number of phenols is 1. The SMILES string of the molecule is CC(=O)Nc1cc(O)cc(N/C(C)=C2\C(=O)OC(=O)C(C(C)=O)=C2O)c1. The summed E-state index contributed by atoms with van der Waals surface area (Å²) in [6, 6.07) is 4.09. The third-order valence-electron chi connectivity index (χ3n) is 3.36. The van der Waals surface area contributed by atoms with Crippen molar-refractivity contribution in [3.63, 3.8) is 0 Å². The van der Waals surface area contributed by atoms with Crippen LogP contribution in [0, 0.1) is 0 Å². The van der Waals surface area contributed by atoms with Gasteiger partial charge in [0, 0.05) is 36.1 Å². The van der Waals surface area contributed by atoms with Crippen molar-refractivity contribution in [3.8, 4) is 5.75 Å². The average Bonchev–Trinajstić information content (AvgIpc) is 2.44. The van der Waals surface area contributed by atoms with Gasteiger partial charge in [0.25, 0.3) is 0 Å². The quantitative estimate of drug-likeness (QED) is 0.274. The second-order valence-electron chi connectivity index (χ2n) is 5.53. The van der Waals surface area contributed by atoms with E-state index in [-0.39, 0.29) is 28.6 Å². The van der Waals surface area contributed by atoms with Gasteiger partial charge in [-0.15, -0.1) is 0 Å². The van der Waals surface area contributed by atoms with Crippen molar-refractivity contribution in [1.29, 1.82) is 0 Å². The summed E-state index contributed by atoms with van der Waals surface area (Å²) in [4.78, 5) is 46.2. The number of phenolic OH excluding ortho intramolecular Hbond substituents is 1. The van der Waals surface area contributed by atoms with Crippen LogP contribution in [0.4, 0.5) is 11.4 Å². The van der Waals surface area contributed by atoms with E-state index in [2.05, 4.69) is 15.4 Å². The molecule has 0 bridgehead atoms. The summed E-state index contributed by atoms with van der Waals surface area (Å²) in [7, 11) is 0. The van der Waals surface area contributed by atoms with Crippen LogP contribution < -0.4 is 10.6 Å². The van der Waals surface area contributed by atoms with Crippen LogP contribution >= 0.6 is 0 Å². The highest BCUT2D eigenvalue weighted by Gasteiger charge is 2.36. The number of aliphatic hydroxyl groups is 1. The first kappa shape index (κ1) is 18.7. The van der Waals surface area contributed by atoms with Crippen molar-refractivity contribution in [1.82, 2.24) is 0 Å². The zero-order valence-corrected chi connectivity index (χ0v) is 14.2. The van der Waals surface area contributed by atoms with Crippen LogP contribution in [-0.2, 0) is 23.9 Å². The van der Waals surface area contributed by atoms with Gasteiger partial charge < -0.3 is 25.6 Å². The maximum atomic E-state index is 11.9. The normalized spacial score (nSPS) is 16.1. The van der Waals surface area contributed by atoms with Crippen LogP contribution in [0.3, 0.4) is 0 Å². The minimum Gasteiger partial charge on any atom is -0.508 e. The third kappa shape index (κ3) is 3.89. The Bertz CT molecular complexity index is 896. The van der Waals surface area contributed by atoms with E-state index < -0.39 is 29.1 Å². The van der Waals surface area contributed by atoms with Gasteiger partial charge in [-0.3, -0.25) is 9.59 Å². The molecule has 4 N–H and O–H groups in total. The second kappa shape index (κ2) is 7.09. The van der Waals surface area contributed by atoms with E-state index >= 15 is 0 Å². The highest BCUT2D eigenvalue weighted by molar-refractivity contribution is 6.23. The molecule has 26 heavy (non-hydrogen) atoms. The smallest absolute Gasteiger partial charge is 0.353 e. The van der Waals surface area contributed by atoms with Crippen molar-refractivity contribution >= 4 is 35.0 Å². The van der Waals surface area contributed by atoms with Crippen molar-refractivity contribution in [3.05, 3.63) is 40.8 Å². The van der Waals surface area contributed by atoms with Gasteiger partial charge in [0.15, 0.2) is 5.78 Å². The monoisotopic (exact) mass is 360 g/mol. The first-order valence-electron chi connectivity index (χ1n) is 7.40. The predicted molar refractivity (Wildman–Crippen MR) is 90.2 cm³/mol. The summed E-state index contributed by atoms with van der Waals surface area (Å²) in [5.74, 6) is -4.40. The third-order valence-corrected chi connectivity index (χ3v) is 3.36. The first-order valence-corrected chi connectivity index (χ1v) is 7.40. The Balaban J connectivity index is 2.47. The molecule has 9 nitrogen and oxygen atoms in total. The lowest BCUT2D eigenvalue weighted by Crippen LogP contribution is -2.29. The first-order chi connectivity index (χ1) is 12.1. The minimum atomic E-state index is -1.22. The maximum absolute atomic E-state index is 11.9. The molecular formula is C17H16N2O7. The van der Waals surface area contributed by atoms with Gasteiger partial charge in [-0.2, -0.15) is 0 Å². The van der Waals surface area contributed by atoms with Crippen LogP contribution in [0.25, 0.3) is 0 Å². The molecule has 1 aliphatic heterocycles. The number of carbonyl (C=O) groups excluding carboxylic acids is 4. The van der Waals surface area contributed by atoms with Crippen LogP contribution in [0.1, 0.15) is 20.8 Å². The van der Waals surface area contributed by atoms with E-state index in [1.165, 1.54) is 32.0 Å². The Morgan fingerprint density at radius 3 is 2.04 bits per heavy atom. The molecule has 136 valence electrons. The van der Waals surface area contributed by atoms with Gasteiger partial charge in [0.2, 0.25) is 5.91 Å². The number of aromatic hydroxyl groups is 1. The highest BCUT2D eigenvalue weighted by Crippen LogP contribution is 2.28. The van der Waals surface area contributed by atoms with Gasteiger partial charge >= 0.3 is 11.9 Å². The van der Waals surface area contributed by atoms with Gasteiger partial charge in [-0.25, -0.2) is 9.59 Å². The van der Waals surface area contributed by atoms with Crippen molar-refractivity contribution in [2.75, 3.05) is 10.6 Å². The Morgan fingerprint density at radius 1 is 0.923 bits per heavy atom. The summed E-state index contributed by atoms with van der Waals surface area (Å²) >= 11 is 0. The molecule has 1 heterocycles. The number of aliphatic hydroxyl groups excluding tert-OH is 1. The number of hydrogen-bond acceptors (Lipinski definition) is 8. The van der Waals surface area contributed by atoms with Gasteiger partial charge in [0.1, 0.15) is 22.7 Å². The molecule has 0 spiro atoms. The number of allylic oxidation sites excluding steroid dienone is 1. The largest absolute Gasteiger partial charge is 0.508 e. The van der Waals surface area contributed by atoms with E-state index in [0.29, 0.717) is 5.69 Å². The zero-order valence-electron chi connectivity index (χ0n) is 14.2. The zero-order chi connectivity index (χ0) is 19.6. The Kier molecular flexibility index (Phi) is 5.11. The highest BCUT2D eigenvalue weighted by atomic mass is 16.6. The molecule has 0 unspecified atom stereocenters.